The highest BCUT2D eigenvalue weighted by Gasteiger charge is 2.14. The molecule has 102 valence electrons. The van der Waals surface area contributed by atoms with Gasteiger partial charge in [-0.25, -0.2) is 0 Å². The summed E-state index contributed by atoms with van der Waals surface area (Å²) in [7, 11) is 0. The molecule has 2 rings (SSSR count). The lowest BCUT2D eigenvalue weighted by atomic mass is 10.00. The van der Waals surface area contributed by atoms with Crippen LogP contribution in [-0.4, -0.2) is 13.1 Å². The van der Waals surface area contributed by atoms with Gasteiger partial charge in [-0.3, -0.25) is 0 Å². The standard InChI is InChI=1S/C17H24N2/c18-13-17(16-10-2-1-3-11-16)14-19-12-6-9-15-7-4-5-8-15/h1-3,10-11,15,17,19H,4-9,12,14H2. The quantitative estimate of drug-likeness (QED) is 0.752. The van der Waals surface area contributed by atoms with Gasteiger partial charge in [0.25, 0.3) is 0 Å². The third-order valence-electron chi connectivity index (χ3n) is 4.15. The Labute approximate surface area is 116 Å². The van der Waals surface area contributed by atoms with E-state index in [1.807, 2.05) is 30.3 Å². The van der Waals surface area contributed by atoms with Crippen LogP contribution in [0.25, 0.3) is 0 Å². The van der Waals surface area contributed by atoms with Gasteiger partial charge in [-0.05, 0) is 30.9 Å². The lowest BCUT2D eigenvalue weighted by Gasteiger charge is -2.12. The van der Waals surface area contributed by atoms with Crippen LogP contribution < -0.4 is 5.32 Å². The van der Waals surface area contributed by atoms with Crippen molar-refractivity contribution in [2.75, 3.05) is 13.1 Å². The highest BCUT2D eigenvalue weighted by molar-refractivity contribution is 5.24. The van der Waals surface area contributed by atoms with E-state index in [-0.39, 0.29) is 5.92 Å². The molecule has 0 heterocycles. The van der Waals surface area contributed by atoms with E-state index in [1.165, 1.54) is 38.5 Å². The van der Waals surface area contributed by atoms with Crippen molar-refractivity contribution >= 4 is 0 Å². The number of benzene rings is 1. The summed E-state index contributed by atoms with van der Waals surface area (Å²) in [4.78, 5) is 0. The molecule has 19 heavy (non-hydrogen) atoms. The predicted octanol–water partition coefficient (Wildman–Crippen LogP) is 3.85. The first kappa shape index (κ1) is 14.1. The smallest absolute Gasteiger partial charge is 0.0837 e. The maximum atomic E-state index is 9.22. The summed E-state index contributed by atoms with van der Waals surface area (Å²) in [5, 5.41) is 12.7. The maximum absolute atomic E-state index is 9.22. The highest BCUT2D eigenvalue weighted by Crippen LogP contribution is 2.28. The molecule has 1 saturated carbocycles. The lowest BCUT2D eigenvalue weighted by molar-refractivity contribution is 0.469. The third kappa shape index (κ3) is 4.69. The second-order valence-corrected chi connectivity index (χ2v) is 5.59. The summed E-state index contributed by atoms with van der Waals surface area (Å²) in [5.41, 5.74) is 1.12. The molecule has 0 radical (unpaired) electrons. The van der Waals surface area contributed by atoms with Crippen LogP contribution in [-0.2, 0) is 0 Å². The van der Waals surface area contributed by atoms with Crippen molar-refractivity contribution < 1.29 is 0 Å². The van der Waals surface area contributed by atoms with Crippen LogP contribution in [0.3, 0.4) is 0 Å². The van der Waals surface area contributed by atoms with Gasteiger partial charge in [0.2, 0.25) is 0 Å². The number of hydrogen-bond acceptors (Lipinski definition) is 2. The molecule has 1 aromatic carbocycles. The molecule has 2 heteroatoms. The average Bonchev–Trinajstić information content (AvgIpc) is 2.97. The first-order chi connectivity index (χ1) is 9.40. The van der Waals surface area contributed by atoms with E-state index in [9.17, 15) is 5.26 Å². The van der Waals surface area contributed by atoms with E-state index < -0.39 is 0 Å². The highest BCUT2D eigenvalue weighted by atomic mass is 14.9. The van der Waals surface area contributed by atoms with E-state index in [2.05, 4.69) is 11.4 Å². The van der Waals surface area contributed by atoms with Gasteiger partial charge in [0, 0.05) is 6.54 Å². The van der Waals surface area contributed by atoms with Crippen molar-refractivity contribution in [1.29, 1.82) is 5.26 Å². The van der Waals surface area contributed by atoms with Gasteiger partial charge in [0.15, 0.2) is 0 Å². The van der Waals surface area contributed by atoms with Gasteiger partial charge < -0.3 is 5.32 Å². The molecule has 0 amide bonds. The van der Waals surface area contributed by atoms with E-state index >= 15 is 0 Å². The van der Waals surface area contributed by atoms with Crippen LogP contribution in [0.1, 0.15) is 50.0 Å². The van der Waals surface area contributed by atoms with Gasteiger partial charge in [0.1, 0.15) is 0 Å². The van der Waals surface area contributed by atoms with Crippen LogP contribution in [0.5, 0.6) is 0 Å². The van der Waals surface area contributed by atoms with Crippen molar-refractivity contribution in [1.82, 2.24) is 5.32 Å². The van der Waals surface area contributed by atoms with Crippen LogP contribution in [0, 0.1) is 17.2 Å². The van der Waals surface area contributed by atoms with Crippen LogP contribution in [0.15, 0.2) is 30.3 Å². The van der Waals surface area contributed by atoms with Crippen molar-refractivity contribution in [3.05, 3.63) is 35.9 Å². The van der Waals surface area contributed by atoms with Gasteiger partial charge >= 0.3 is 0 Å². The fraction of sp³-hybridized carbons (Fsp3) is 0.588. The number of nitrogens with zero attached hydrogens (tertiary/aromatic N) is 1. The second kappa shape index (κ2) is 7.96. The Morgan fingerprint density at radius 1 is 1.21 bits per heavy atom. The van der Waals surface area contributed by atoms with E-state index in [4.69, 9.17) is 0 Å². The summed E-state index contributed by atoms with van der Waals surface area (Å²) < 4.78 is 0. The molecule has 0 aliphatic heterocycles. The first-order valence-corrected chi connectivity index (χ1v) is 7.55. The molecule has 0 spiro atoms. The van der Waals surface area contributed by atoms with E-state index in [0.29, 0.717) is 0 Å². The Hall–Kier alpha value is -1.33. The summed E-state index contributed by atoms with van der Waals surface area (Å²) in [6.07, 6.45) is 8.34. The molecule has 0 bridgehead atoms. The zero-order chi connectivity index (χ0) is 13.3. The van der Waals surface area contributed by atoms with Crippen LogP contribution >= 0.6 is 0 Å². The molecule has 1 aliphatic carbocycles. The van der Waals surface area contributed by atoms with Crippen molar-refractivity contribution in [3.63, 3.8) is 0 Å². The SMILES string of the molecule is N#CC(CNCCCC1CCCC1)c1ccccc1. The summed E-state index contributed by atoms with van der Waals surface area (Å²) >= 11 is 0. The van der Waals surface area contributed by atoms with Gasteiger partial charge in [0.05, 0.1) is 12.0 Å². The number of nitriles is 1. The minimum absolute atomic E-state index is 0.0207. The van der Waals surface area contributed by atoms with E-state index in [0.717, 1.165) is 24.6 Å². The van der Waals surface area contributed by atoms with Gasteiger partial charge in [-0.2, -0.15) is 5.26 Å². The second-order valence-electron chi connectivity index (χ2n) is 5.59. The largest absolute Gasteiger partial charge is 0.315 e. The molecule has 2 nitrogen and oxygen atoms in total. The average molecular weight is 256 g/mol. The minimum atomic E-state index is -0.0207. The van der Waals surface area contributed by atoms with Gasteiger partial charge in [-0.1, -0.05) is 56.0 Å². The minimum Gasteiger partial charge on any atom is -0.315 e. The lowest BCUT2D eigenvalue weighted by Crippen LogP contribution is -2.22. The summed E-state index contributed by atoms with van der Waals surface area (Å²) in [6.45, 7) is 1.81. The third-order valence-corrected chi connectivity index (χ3v) is 4.15. The van der Waals surface area contributed by atoms with Crippen molar-refractivity contribution in [2.24, 2.45) is 5.92 Å². The molecule has 1 atom stereocenters. The molecule has 1 aromatic rings. The Morgan fingerprint density at radius 3 is 2.63 bits per heavy atom. The summed E-state index contributed by atoms with van der Waals surface area (Å²) in [6, 6.07) is 12.5. The summed E-state index contributed by atoms with van der Waals surface area (Å²) in [5.74, 6) is 0.954. The first-order valence-electron chi connectivity index (χ1n) is 7.55. The molecular weight excluding hydrogens is 232 g/mol. The number of hydrogen-bond donors (Lipinski definition) is 1. The topological polar surface area (TPSA) is 35.8 Å². The molecular formula is C17H24N2. The van der Waals surface area contributed by atoms with Crippen molar-refractivity contribution in [2.45, 2.75) is 44.4 Å². The Bertz CT molecular complexity index is 387. The molecule has 1 unspecified atom stereocenters. The van der Waals surface area contributed by atoms with Crippen molar-refractivity contribution in [3.8, 4) is 6.07 Å². The Morgan fingerprint density at radius 2 is 1.95 bits per heavy atom. The molecule has 1 aliphatic rings. The van der Waals surface area contributed by atoms with Crippen LogP contribution in [0.2, 0.25) is 0 Å². The molecule has 0 aromatic heterocycles. The zero-order valence-corrected chi connectivity index (χ0v) is 11.6. The number of nitrogens with one attached hydrogen (secondary N) is 1. The maximum Gasteiger partial charge on any atom is 0.0837 e. The Balaban J connectivity index is 1.62. The molecule has 0 saturated heterocycles. The normalized spacial score (nSPS) is 17.2. The monoisotopic (exact) mass is 256 g/mol. The predicted molar refractivity (Wildman–Crippen MR) is 78.9 cm³/mol. The Kier molecular flexibility index (Phi) is 5.91. The van der Waals surface area contributed by atoms with Crippen LogP contribution in [0.4, 0.5) is 0 Å². The van der Waals surface area contributed by atoms with E-state index in [1.54, 1.807) is 0 Å². The number of rotatable bonds is 7. The zero-order valence-electron chi connectivity index (χ0n) is 11.6. The molecule has 1 fully saturated rings. The fourth-order valence-electron chi connectivity index (χ4n) is 2.98. The fourth-order valence-corrected chi connectivity index (χ4v) is 2.98. The van der Waals surface area contributed by atoms with Gasteiger partial charge in [-0.15, -0.1) is 0 Å². The molecule has 1 N–H and O–H groups in total.